The third-order valence-corrected chi connectivity index (χ3v) is 3.82. The van der Waals surface area contributed by atoms with E-state index in [4.69, 9.17) is 12.6 Å². The van der Waals surface area contributed by atoms with E-state index in [1.165, 1.54) is 11.1 Å². The van der Waals surface area contributed by atoms with Crippen LogP contribution < -0.4 is 0 Å². The van der Waals surface area contributed by atoms with E-state index >= 15 is 0 Å². The van der Waals surface area contributed by atoms with Gasteiger partial charge in [-0.15, -0.1) is 5.25 Å². The number of hydrogen-bond donors (Lipinski definition) is 0. The van der Waals surface area contributed by atoms with Crippen LogP contribution in [0.5, 0.6) is 0 Å². The van der Waals surface area contributed by atoms with Gasteiger partial charge in [-0.3, -0.25) is 0 Å². The zero-order valence-corrected chi connectivity index (χ0v) is 16.0. The SMILES string of the molecule is [Pt].[S-]C(CCc1ccccc1)c1ccccc1.[c]1ccccc1. The van der Waals surface area contributed by atoms with Crippen molar-refractivity contribution in [2.24, 2.45) is 0 Å². The van der Waals surface area contributed by atoms with Gasteiger partial charge in [0.25, 0.3) is 0 Å². The van der Waals surface area contributed by atoms with Gasteiger partial charge in [-0.05, 0) is 18.1 Å². The maximum Gasteiger partial charge on any atom is 0 e. The van der Waals surface area contributed by atoms with E-state index in [0.29, 0.717) is 0 Å². The Balaban J connectivity index is 0.000000320. The molecule has 23 heavy (non-hydrogen) atoms. The molecule has 121 valence electrons. The van der Waals surface area contributed by atoms with Gasteiger partial charge >= 0.3 is 0 Å². The molecule has 0 saturated heterocycles. The molecule has 2 heteroatoms. The van der Waals surface area contributed by atoms with Crippen LogP contribution in [0.25, 0.3) is 0 Å². The first-order valence-corrected chi connectivity index (χ1v) is 7.99. The zero-order chi connectivity index (χ0) is 15.5. The van der Waals surface area contributed by atoms with Crippen molar-refractivity contribution in [3.63, 3.8) is 0 Å². The van der Waals surface area contributed by atoms with Crippen LogP contribution in [0.4, 0.5) is 0 Å². The molecule has 3 aromatic carbocycles. The van der Waals surface area contributed by atoms with Crippen molar-refractivity contribution in [3.8, 4) is 0 Å². The maximum absolute atomic E-state index is 5.50. The standard InChI is InChI=1S/C15H16S.C6H5.Pt/c16-15(14-9-5-2-6-10-14)12-11-13-7-3-1-4-8-13;1-2-4-6-5-3-1;/h1-10,15-16H,11-12H2;1-5H;/p-1. The third-order valence-electron chi connectivity index (χ3n) is 3.32. The Morgan fingerprint density at radius 1 is 0.739 bits per heavy atom. The largest absolute Gasteiger partial charge is 0.785 e. The fraction of sp³-hybridized carbons (Fsp3) is 0.143. The van der Waals surface area contributed by atoms with Crippen molar-refractivity contribution in [1.82, 2.24) is 0 Å². The van der Waals surface area contributed by atoms with Crippen LogP contribution in [0, 0.1) is 6.07 Å². The predicted octanol–water partition coefficient (Wildman–Crippen LogP) is 5.39. The van der Waals surface area contributed by atoms with Crippen LogP contribution in [0.2, 0.25) is 0 Å². The molecule has 0 aliphatic heterocycles. The molecular weight excluding hydrogens is 479 g/mol. The molecule has 0 N–H and O–H groups in total. The van der Waals surface area contributed by atoms with E-state index in [-0.39, 0.29) is 26.3 Å². The Hall–Kier alpha value is -1.30. The fourth-order valence-electron chi connectivity index (χ4n) is 2.12. The molecule has 3 rings (SSSR count). The molecule has 1 unspecified atom stereocenters. The second kappa shape index (κ2) is 12.2. The van der Waals surface area contributed by atoms with Crippen LogP contribution >= 0.6 is 0 Å². The van der Waals surface area contributed by atoms with Gasteiger partial charge in [0.15, 0.2) is 0 Å². The van der Waals surface area contributed by atoms with Crippen molar-refractivity contribution in [2.45, 2.75) is 18.1 Å². The van der Waals surface area contributed by atoms with Crippen molar-refractivity contribution >= 4 is 12.6 Å². The first kappa shape index (κ1) is 19.7. The number of aryl methyl sites for hydroxylation is 1. The topological polar surface area (TPSA) is 0 Å². The molecule has 1 radical (unpaired) electrons. The van der Waals surface area contributed by atoms with Gasteiger partial charge < -0.3 is 12.6 Å². The average molecular weight is 500 g/mol. The Bertz CT molecular complexity index is 584. The monoisotopic (exact) mass is 499 g/mol. The van der Waals surface area contributed by atoms with Gasteiger partial charge in [0.05, 0.1) is 0 Å². The fourth-order valence-corrected chi connectivity index (χ4v) is 2.39. The van der Waals surface area contributed by atoms with Crippen LogP contribution in [0.1, 0.15) is 22.8 Å². The van der Waals surface area contributed by atoms with Crippen LogP contribution in [0.3, 0.4) is 0 Å². The first-order chi connectivity index (χ1) is 10.9. The summed E-state index contributed by atoms with van der Waals surface area (Å²) in [6, 6.07) is 33.4. The van der Waals surface area contributed by atoms with E-state index in [1.54, 1.807) is 0 Å². The summed E-state index contributed by atoms with van der Waals surface area (Å²) in [6.45, 7) is 0. The molecule has 0 spiro atoms. The van der Waals surface area contributed by atoms with Crippen LogP contribution in [-0.4, -0.2) is 0 Å². The van der Waals surface area contributed by atoms with E-state index in [9.17, 15) is 0 Å². The summed E-state index contributed by atoms with van der Waals surface area (Å²) >= 11 is 5.50. The minimum atomic E-state index is 0. The summed E-state index contributed by atoms with van der Waals surface area (Å²) in [7, 11) is 0. The van der Waals surface area contributed by atoms with Crippen molar-refractivity contribution < 1.29 is 21.1 Å². The molecule has 0 bridgehead atoms. The summed E-state index contributed by atoms with van der Waals surface area (Å²) in [4.78, 5) is 0. The van der Waals surface area contributed by atoms with E-state index < -0.39 is 0 Å². The summed E-state index contributed by atoms with van der Waals surface area (Å²) in [5.74, 6) is 0. The second-order valence-corrected chi connectivity index (χ2v) is 5.57. The van der Waals surface area contributed by atoms with Crippen LogP contribution in [0.15, 0.2) is 91.0 Å². The molecule has 0 saturated carbocycles. The molecule has 0 amide bonds. The first-order valence-electron chi connectivity index (χ1n) is 7.52. The van der Waals surface area contributed by atoms with Crippen LogP contribution in [-0.2, 0) is 40.1 Å². The van der Waals surface area contributed by atoms with E-state index in [1.807, 2.05) is 42.5 Å². The molecule has 0 aromatic heterocycles. The van der Waals surface area contributed by atoms with Gasteiger partial charge in [0, 0.05) is 21.1 Å². The molecule has 0 fully saturated rings. The Morgan fingerprint density at radius 3 is 1.74 bits per heavy atom. The molecular formula is C21H20PtS-. The van der Waals surface area contributed by atoms with Gasteiger partial charge in [-0.1, -0.05) is 103 Å². The number of rotatable bonds is 4. The molecule has 1 atom stereocenters. The predicted molar refractivity (Wildman–Crippen MR) is 96.6 cm³/mol. The van der Waals surface area contributed by atoms with Gasteiger partial charge in [-0.2, -0.15) is 0 Å². The second-order valence-electron chi connectivity index (χ2n) is 5.00. The molecule has 0 aliphatic carbocycles. The number of hydrogen-bond acceptors (Lipinski definition) is 1. The van der Waals surface area contributed by atoms with Gasteiger partial charge in [-0.25, -0.2) is 0 Å². The van der Waals surface area contributed by atoms with Crippen molar-refractivity contribution in [2.75, 3.05) is 0 Å². The summed E-state index contributed by atoms with van der Waals surface area (Å²) < 4.78 is 0. The summed E-state index contributed by atoms with van der Waals surface area (Å²) in [5.41, 5.74) is 2.63. The zero-order valence-electron chi connectivity index (χ0n) is 12.9. The third kappa shape index (κ3) is 8.20. The van der Waals surface area contributed by atoms with E-state index in [2.05, 4.69) is 54.6 Å². The average Bonchev–Trinajstić information content (AvgIpc) is 2.63. The van der Waals surface area contributed by atoms with E-state index in [0.717, 1.165) is 12.8 Å². The minimum Gasteiger partial charge on any atom is -0.785 e. The smallest absolute Gasteiger partial charge is 0 e. The minimum absolute atomic E-state index is 0. The number of benzene rings is 3. The maximum atomic E-state index is 5.50. The quantitative estimate of drug-likeness (QED) is 0.434. The summed E-state index contributed by atoms with van der Waals surface area (Å²) in [5, 5.41) is 0.224. The Kier molecular flexibility index (Phi) is 10.4. The van der Waals surface area contributed by atoms with Gasteiger partial charge in [0.1, 0.15) is 0 Å². The van der Waals surface area contributed by atoms with Crippen molar-refractivity contribution in [1.29, 1.82) is 0 Å². The van der Waals surface area contributed by atoms with Gasteiger partial charge in [0.2, 0.25) is 0 Å². The molecule has 3 aromatic rings. The normalized spacial score (nSPS) is 10.7. The molecule has 0 heterocycles. The molecule has 0 nitrogen and oxygen atoms in total. The summed E-state index contributed by atoms with van der Waals surface area (Å²) in [6.07, 6.45) is 2.09. The Labute approximate surface area is 159 Å². The molecule has 0 aliphatic rings. The Morgan fingerprint density at radius 2 is 1.26 bits per heavy atom. The van der Waals surface area contributed by atoms with Crippen molar-refractivity contribution in [3.05, 3.63) is 108 Å².